The molecule has 0 radical (unpaired) electrons. The Labute approximate surface area is 156 Å². The summed E-state index contributed by atoms with van der Waals surface area (Å²) in [5.74, 6) is -0.323. The number of fused-ring (bicyclic) bond motifs is 2. The van der Waals surface area contributed by atoms with Gasteiger partial charge in [-0.2, -0.15) is 0 Å². The fourth-order valence-corrected chi connectivity index (χ4v) is 4.76. The SMILES string of the molecule is O=C(CCC(=O)N1CCc2sccc2C1)NC1CCc2c(F)cccc21. The molecule has 0 bridgehead atoms. The second kappa shape index (κ2) is 7.19. The normalized spacial score (nSPS) is 18.3. The highest BCUT2D eigenvalue weighted by Gasteiger charge is 2.27. The van der Waals surface area contributed by atoms with E-state index in [9.17, 15) is 14.0 Å². The average Bonchev–Trinajstić information content (AvgIpc) is 3.27. The van der Waals surface area contributed by atoms with Crippen LogP contribution in [0.25, 0.3) is 0 Å². The molecule has 0 saturated carbocycles. The van der Waals surface area contributed by atoms with Gasteiger partial charge in [0.05, 0.1) is 6.04 Å². The Kier molecular flexibility index (Phi) is 4.76. The molecule has 4 nitrogen and oxygen atoms in total. The molecule has 0 spiro atoms. The summed E-state index contributed by atoms with van der Waals surface area (Å²) in [6.07, 6.45) is 2.64. The number of carbonyl (C=O) groups excluding carboxylic acids is 2. The molecule has 2 heterocycles. The van der Waals surface area contributed by atoms with Crippen molar-refractivity contribution in [3.63, 3.8) is 0 Å². The Morgan fingerprint density at radius 2 is 2.12 bits per heavy atom. The van der Waals surface area contributed by atoms with Crippen LogP contribution in [-0.4, -0.2) is 23.3 Å². The smallest absolute Gasteiger partial charge is 0.223 e. The number of halogens is 1. The molecule has 1 aromatic heterocycles. The summed E-state index contributed by atoms with van der Waals surface area (Å²) >= 11 is 1.74. The zero-order valence-electron chi connectivity index (χ0n) is 14.5. The second-order valence-corrected chi connectivity index (χ2v) is 7.90. The third kappa shape index (κ3) is 3.38. The number of rotatable bonds is 4. The number of nitrogens with one attached hydrogen (secondary N) is 1. The van der Waals surface area contributed by atoms with Crippen LogP contribution in [0.5, 0.6) is 0 Å². The number of hydrogen-bond acceptors (Lipinski definition) is 3. The van der Waals surface area contributed by atoms with E-state index in [1.165, 1.54) is 16.5 Å². The van der Waals surface area contributed by atoms with Gasteiger partial charge in [0.15, 0.2) is 0 Å². The summed E-state index contributed by atoms with van der Waals surface area (Å²) in [5, 5.41) is 5.02. The van der Waals surface area contributed by atoms with Gasteiger partial charge < -0.3 is 10.2 Å². The van der Waals surface area contributed by atoms with Gasteiger partial charge in [-0.3, -0.25) is 9.59 Å². The standard InChI is InChI=1S/C20H21FN2O2S/c21-16-3-1-2-15-14(16)4-5-17(15)22-19(24)6-7-20(25)23-10-8-18-13(12-23)9-11-26-18/h1-3,9,11,17H,4-8,10,12H2,(H,22,24). The van der Waals surface area contributed by atoms with Crippen molar-refractivity contribution < 1.29 is 14.0 Å². The Morgan fingerprint density at radius 3 is 3.00 bits per heavy atom. The molecule has 2 aromatic rings. The van der Waals surface area contributed by atoms with Crippen LogP contribution >= 0.6 is 11.3 Å². The van der Waals surface area contributed by atoms with Crippen molar-refractivity contribution in [2.75, 3.05) is 6.54 Å². The van der Waals surface area contributed by atoms with Crippen molar-refractivity contribution in [2.24, 2.45) is 0 Å². The fraction of sp³-hybridized carbons (Fsp3) is 0.400. The molecule has 0 saturated heterocycles. The Hall–Kier alpha value is -2.21. The highest BCUT2D eigenvalue weighted by molar-refractivity contribution is 7.10. The first-order valence-corrected chi connectivity index (χ1v) is 9.89. The summed E-state index contributed by atoms with van der Waals surface area (Å²) in [5.41, 5.74) is 2.79. The molecule has 6 heteroatoms. The quantitative estimate of drug-likeness (QED) is 0.895. The van der Waals surface area contributed by atoms with Crippen LogP contribution in [0, 0.1) is 5.82 Å². The lowest BCUT2D eigenvalue weighted by Gasteiger charge is -2.27. The molecule has 1 aliphatic carbocycles. The first-order chi connectivity index (χ1) is 12.6. The molecule has 2 aliphatic rings. The Morgan fingerprint density at radius 1 is 1.23 bits per heavy atom. The molecule has 4 rings (SSSR count). The lowest BCUT2D eigenvalue weighted by molar-refractivity contribution is -0.134. The second-order valence-electron chi connectivity index (χ2n) is 6.90. The van der Waals surface area contributed by atoms with E-state index in [-0.39, 0.29) is 36.5 Å². The molecular weight excluding hydrogens is 351 g/mol. The van der Waals surface area contributed by atoms with Crippen molar-refractivity contribution >= 4 is 23.2 Å². The number of nitrogens with zero attached hydrogens (tertiary/aromatic N) is 1. The lowest BCUT2D eigenvalue weighted by Crippen LogP contribution is -2.36. The van der Waals surface area contributed by atoms with Crippen LogP contribution in [0.1, 0.15) is 46.9 Å². The zero-order chi connectivity index (χ0) is 18.1. The largest absolute Gasteiger partial charge is 0.349 e. The molecule has 1 N–H and O–H groups in total. The van der Waals surface area contributed by atoms with Crippen molar-refractivity contribution in [1.82, 2.24) is 10.2 Å². The van der Waals surface area contributed by atoms with Gasteiger partial charge >= 0.3 is 0 Å². The molecule has 1 unspecified atom stereocenters. The minimum absolute atomic E-state index is 0.0230. The summed E-state index contributed by atoms with van der Waals surface area (Å²) in [6, 6.07) is 6.93. The average molecular weight is 372 g/mol. The molecule has 0 fully saturated rings. The number of hydrogen-bond donors (Lipinski definition) is 1. The van der Waals surface area contributed by atoms with Crippen molar-refractivity contribution in [3.05, 3.63) is 57.0 Å². The van der Waals surface area contributed by atoms with Crippen molar-refractivity contribution in [1.29, 1.82) is 0 Å². The number of thiophene rings is 1. The number of carbonyl (C=O) groups is 2. The van der Waals surface area contributed by atoms with Gasteiger partial charge in [0, 0.05) is 30.8 Å². The highest BCUT2D eigenvalue weighted by atomic mass is 32.1. The summed E-state index contributed by atoms with van der Waals surface area (Å²) in [7, 11) is 0. The third-order valence-corrected chi connectivity index (χ3v) is 6.30. The topological polar surface area (TPSA) is 49.4 Å². The van der Waals surface area contributed by atoms with E-state index >= 15 is 0 Å². The maximum atomic E-state index is 13.8. The highest BCUT2D eigenvalue weighted by Crippen LogP contribution is 2.32. The lowest BCUT2D eigenvalue weighted by atomic mass is 10.1. The van der Waals surface area contributed by atoms with Crippen LogP contribution in [0.4, 0.5) is 4.39 Å². The minimum Gasteiger partial charge on any atom is -0.349 e. The Bertz CT molecular complexity index is 848. The third-order valence-electron chi connectivity index (χ3n) is 5.28. The summed E-state index contributed by atoms with van der Waals surface area (Å²) < 4.78 is 13.8. The first-order valence-electron chi connectivity index (χ1n) is 9.01. The van der Waals surface area contributed by atoms with Gasteiger partial charge in [0.1, 0.15) is 5.82 Å². The fourth-order valence-electron chi connectivity index (χ4n) is 3.87. The zero-order valence-corrected chi connectivity index (χ0v) is 15.3. The minimum atomic E-state index is -0.202. The van der Waals surface area contributed by atoms with Gasteiger partial charge in [-0.15, -0.1) is 11.3 Å². The number of benzene rings is 1. The van der Waals surface area contributed by atoms with E-state index in [0.29, 0.717) is 24.9 Å². The summed E-state index contributed by atoms with van der Waals surface area (Å²) in [6.45, 7) is 1.37. The Balaban J connectivity index is 1.29. The van der Waals surface area contributed by atoms with Gasteiger partial charge in [0.2, 0.25) is 11.8 Å². The maximum absolute atomic E-state index is 13.8. The molecule has 1 aromatic carbocycles. The van der Waals surface area contributed by atoms with Crippen LogP contribution < -0.4 is 5.32 Å². The van der Waals surface area contributed by atoms with Crippen molar-refractivity contribution in [2.45, 2.75) is 44.7 Å². The van der Waals surface area contributed by atoms with Crippen LogP contribution in [0.15, 0.2) is 29.6 Å². The molecule has 1 atom stereocenters. The number of amides is 2. The van der Waals surface area contributed by atoms with Gasteiger partial charge in [-0.05, 0) is 53.5 Å². The van der Waals surface area contributed by atoms with Crippen LogP contribution in [0.3, 0.4) is 0 Å². The summed E-state index contributed by atoms with van der Waals surface area (Å²) in [4.78, 5) is 27.9. The van der Waals surface area contributed by atoms with Gasteiger partial charge in [0.25, 0.3) is 0 Å². The molecule has 1 aliphatic heterocycles. The van der Waals surface area contributed by atoms with E-state index in [4.69, 9.17) is 0 Å². The van der Waals surface area contributed by atoms with Crippen molar-refractivity contribution in [3.8, 4) is 0 Å². The molecule has 136 valence electrons. The van der Waals surface area contributed by atoms with E-state index < -0.39 is 0 Å². The molecule has 2 amide bonds. The maximum Gasteiger partial charge on any atom is 0.223 e. The predicted octanol–water partition coefficient (Wildman–Crippen LogP) is 3.36. The monoisotopic (exact) mass is 372 g/mol. The van der Waals surface area contributed by atoms with E-state index in [0.717, 1.165) is 18.5 Å². The molecule has 26 heavy (non-hydrogen) atoms. The van der Waals surface area contributed by atoms with E-state index in [1.54, 1.807) is 17.4 Å². The molecular formula is C20H21FN2O2S. The van der Waals surface area contributed by atoms with Gasteiger partial charge in [-0.1, -0.05) is 12.1 Å². The van der Waals surface area contributed by atoms with E-state index in [2.05, 4.69) is 16.8 Å². The van der Waals surface area contributed by atoms with E-state index in [1.807, 2.05) is 11.0 Å². The van der Waals surface area contributed by atoms with Crippen LogP contribution in [0.2, 0.25) is 0 Å². The van der Waals surface area contributed by atoms with Gasteiger partial charge in [-0.25, -0.2) is 4.39 Å². The first kappa shape index (κ1) is 17.2. The van der Waals surface area contributed by atoms with Crippen LogP contribution in [-0.2, 0) is 29.0 Å². The predicted molar refractivity (Wildman–Crippen MR) is 98.3 cm³/mol.